The highest BCUT2D eigenvalue weighted by Crippen LogP contribution is 2.26. The van der Waals surface area contributed by atoms with Crippen LogP contribution in [0.2, 0.25) is 5.02 Å². The van der Waals surface area contributed by atoms with E-state index in [0.29, 0.717) is 41.7 Å². The highest BCUT2D eigenvalue weighted by Gasteiger charge is 2.20. The van der Waals surface area contributed by atoms with Crippen molar-refractivity contribution in [2.45, 2.75) is 13.3 Å². The van der Waals surface area contributed by atoms with Crippen LogP contribution in [0.1, 0.15) is 22.6 Å². The van der Waals surface area contributed by atoms with E-state index in [4.69, 9.17) is 16.3 Å². The van der Waals surface area contributed by atoms with Crippen LogP contribution in [-0.2, 0) is 4.74 Å². The van der Waals surface area contributed by atoms with E-state index in [-0.39, 0.29) is 11.6 Å². The third-order valence-corrected chi connectivity index (χ3v) is 4.60. The van der Waals surface area contributed by atoms with Crippen LogP contribution in [0.25, 0.3) is 17.1 Å². The van der Waals surface area contributed by atoms with Crippen molar-refractivity contribution in [1.82, 2.24) is 20.1 Å². The van der Waals surface area contributed by atoms with Crippen LogP contribution in [0.5, 0.6) is 0 Å². The largest absolute Gasteiger partial charge is 0.385 e. The minimum atomic E-state index is -0.391. The van der Waals surface area contributed by atoms with Gasteiger partial charge in [0.05, 0.1) is 5.69 Å². The SMILES string of the molecule is COCCCNC(=O)c1nc(-c2ccc(F)cc2)n(-c2cccc(Cl)c2C)n1. The Hall–Kier alpha value is -2.77. The molecular formula is C20H20ClFN4O2. The smallest absolute Gasteiger partial charge is 0.290 e. The van der Waals surface area contributed by atoms with Gasteiger partial charge in [-0.2, -0.15) is 0 Å². The van der Waals surface area contributed by atoms with Gasteiger partial charge < -0.3 is 10.1 Å². The second-order valence-electron chi connectivity index (χ2n) is 6.16. The van der Waals surface area contributed by atoms with Crippen molar-refractivity contribution < 1.29 is 13.9 Å². The number of hydrogen-bond donors (Lipinski definition) is 1. The first-order valence-corrected chi connectivity index (χ1v) is 9.14. The zero-order valence-electron chi connectivity index (χ0n) is 15.6. The predicted octanol–water partition coefficient (Wildman–Crippen LogP) is 3.80. The molecule has 146 valence electrons. The highest BCUT2D eigenvalue weighted by atomic mass is 35.5. The summed E-state index contributed by atoms with van der Waals surface area (Å²) < 4.78 is 19.9. The van der Waals surface area contributed by atoms with Gasteiger partial charge in [-0.3, -0.25) is 4.79 Å². The second-order valence-corrected chi connectivity index (χ2v) is 6.57. The number of rotatable bonds is 7. The van der Waals surface area contributed by atoms with Crippen molar-refractivity contribution in [2.75, 3.05) is 20.3 Å². The van der Waals surface area contributed by atoms with Crippen LogP contribution in [0, 0.1) is 12.7 Å². The van der Waals surface area contributed by atoms with Gasteiger partial charge in [0.2, 0.25) is 5.82 Å². The lowest BCUT2D eigenvalue weighted by atomic mass is 10.1. The quantitative estimate of drug-likeness (QED) is 0.610. The van der Waals surface area contributed by atoms with Crippen LogP contribution in [0.3, 0.4) is 0 Å². The summed E-state index contributed by atoms with van der Waals surface area (Å²) in [4.78, 5) is 16.9. The molecule has 0 radical (unpaired) electrons. The molecule has 0 atom stereocenters. The molecule has 0 aliphatic carbocycles. The van der Waals surface area contributed by atoms with Crippen LogP contribution < -0.4 is 5.32 Å². The molecule has 1 N–H and O–H groups in total. The number of methoxy groups -OCH3 is 1. The van der Waals surface area contributed by atoms with Gasteiger partial charge in [-0.25, -0.2) is 14.1 Å². The molecule has 1 aromatic heterocycles. The Balaban J connectivity index is 2.01. The Morgan fingerprint density at radius 3 is 2.71 bits per heavy atom. The molecule has 0 saturated carbocycles. The van der Waals surface area contributed by atoms with Crippen molar-refractivity contribution in [1.29, 1.82) is 0 Å². The summed E-state index contributed by atoms with van der Waals surface area (Å²) in [7, 11) is 1.60. The standard InChI is InChI=1S/C20H20ClFN4O2/c1-13-16(21)5-3-6-17(13)26-19(14-7-9-15(22)10-8-14)24-18(25-26)20(27)23-11-4-12-28-2/h3,5-10H,4,11-12H2,1-2H3,(H,23,27). The van der Waals surface area contributed by atoms with E-state index in [0.717, 1.165) is 5.56 Å². The van der Waals surface area contributed by atoms with E-state index in [1.54, 1.807) is 36.1 Å². The van der Waals surface area contributed by atoms with Crippen molar-refractivity contribution in [3.8, 4) is 17.1 Å². The van der Waals surface area contributed by atoms with E-state index < -0.39 is 5.91 Å². The number of amides is 1. The van der Waals surface area contributed by atoms with E-state index in [1.807, 2.05) is 13.0 Å². The van der Waals surface area contributed by atoms with Crippen LogP contribution in [0.15, 0.2) is 42.5 Å². The Kier molecular flexibility index (Phi) is 6.38. The van der Waals surface area contributed by atoms with E-state index in [1.165, 1.54) is 12.1 Å². The maximum Gasteiger partial charge on any atom is 0.290 e. The van der Waals surface area contributed by atoms with Gasteiger partial charge in [0.1, 0.15) is 5.82 Å². The van der Waals surface area contributed by atoms with E-state index in [9.17, 15) is 9.18 Å². The van der Waals surface area contributed by atoms with Crippen LogP contribution in [0.4, 0.5) is 4.39 Å². The number of nitrogens with zero attached hydrogens (tertiary/aromatic N) is 3. The van der Waals surface area contributed by atoms with Crippen molar-refractivity contribution >= 4 is 17.5 Å². The maximum atomic E-state index is 13.3. The average Bonchev–Trinajstić information content (AvgIpc) is 3.13. The Bertz CT molecular complexity index is 973. The van der Waals surface area contributed by atoms with Crippen molar-refractivity contribution in [3.63, 3.8) is 0 Å². The lowest BCUT2D eigenvalue weighted by Crippen LogP contribution is -2.26. The molecule has 1 amide bonds. The summed E-state index contributed by atoms with van der Waals surface area (Å²) in [6.07, 6.45) is 0.682. The molecular weight excluding hydrogens is 383 g/mol. The summed E-state index contributed by atoms with van der Waals surface area (Å²) in [5.74, 6) is -0.300. The molecule has 2 aromatic carbocycles. The van der Waals surface area contributed by atoms with Crippen molar-refractivity contribution in [2.24, 2.45) is 0 Å². The maximum absolute atomic E-state index is 13.3. The second kappa shape index (κ2) is 8.95. The third-order valence-electron chi connectivity index (χ3n) is 4.19. The van der Waals surface area contributed by atoms with Crippen LogP contribution >= 0.6 is 11.6 Å². The van der Waals surface area contributed by atoms with Gasteiger partial charge in [0.15, 0.2) is 5.82 Å². The molecule has 0 bridgehead atoms. The van der Waals surface area contributed by atoms with Crippen molar-refractivity contribution in [3.05, 3.63) is 64.7 Å². The molecule has 0 saturated heterocycles. The zero-order valence-corrected chi connectivity index (χ0v) is 16.3. The molecule has 8 heteroatoms. The number of hydrogen-bond acceptors (Lipinski definition) is 4. The first-order valence-electron chi connectivity index (χ1n) is 8.77. The number of ether oxygens (including phenoxy) is 1. The number of halogens is 2. The third kappa shape index (κ3) is 4.37. The Morgan fingerprint density at radius 2 is 2.00 bits per heavy atom. The van der Waals surface area contributed by atoms with Gasteiger partial charge in [-0.05, 0) is 55.3 Å². The lowest BCUT2D eigenvalue weighted by Gasteiger charge is -2.10. The molecule has 6 nitrogen and oxygen atoms in total. The van der Waals surface area contributed by atoms with Gasteiger partial charge in [0.25, 0.3) is 5.91 Å². The fourth-order valence-electron chi connectivity index (χ4n) is 2.69. The molecule has 0 spiro atoms. The molecule has 1 heterocycles. The normalized spacial score (nSPS) is 10.9. The predicted molar refractivity (Wildman–Crippen MR) is 105 cm³/mol. The first kappa shape index (κ1) is 20.0. The summed E-state index contributed by atoms with van der Waals surface area (Å²) in [5, 5.41) is 7.73. The molecule has 28 heavy (non-hydrogen) atoms. The van der Waals surface area contributed by atoms with Gasteiger partial charge in [-0.15, -0.1) is 5.10 Å². The fraction of sp³-hybridized carbons (Fsp3) is 0.250. The molecule has 0 unspecified atom stereocenters. The molecule has 0 aliphatic heterocycles. The van der Waals surface area contributed by atoms with Gasteiger partial charge in [-0.1, -0.05) is 17.7 Å². The molecule has 0 aliphatic rings. The summed E-state index contributed by atoms with van der Waals surface area (Å²) in [6.45, 7) is 2.85. The topological polar surface area (TPSA) is 69.0 Å². The Labute approximate surface area is 167 Å². The monoisotopic (exact) mass is 402 g/mol. The average molecular weight is 403 g/mol. The number of benzene rings is 2. The summed E-state index contributed by atoms with van der Waals surface area (Å²) in [6, 6.07) is 11.3. The summed E-state index contributed by atoms with van der Waals surface area (Å²) >= 11 is 6.25. The zero-order chi connectivity index (χ0) is 20.1. The lowest BCUT2D eigenvalue weighted by molar-refractivity contribution is 0.0938. The minimum absolute atomic E-state index is 0.0242. The number of aromatic nitrogens is 3. The summed E-state index contributed by atoms with van der Waals surface area (Å²) in [5.41, 5.74) is 2.12. The minimum Gasteiger partial charge on any atom is -0.385 e. The molecule has 3 rings (SSSR count). The van der Waals surface area contributed by atoms with Crippen LogP contribution in [-0.4, -0.2) is 40.9 Å². The number of carbonyl (C=O) groups is 1. The molecule has 0 fully saturated rings. The van der Waals surface area contributed by atoms with Gasteiger partial charge in [0, 0.05) is 30.8 Å². The van der Waals surface area contributed by atoms with E-state index >= 15 is 0 Å². The Morgan fingerprint density at radius 1 is 1.25 bits per heavy atom. The number of nitrogens with one attached hydrogen (secondary N) is 1. The van der Waals surface area contributed by atoms with Gasteiger partial charge >= 0.3 is 0 Å². The van der Waals surface area contributed by atoms with E-state index in [2.05, 4.69) is 15.4 Å². The number of carbonyl (C=O) groups excluding carboxylic acids is 1. The fourth-order valence-corrected chi connectivity index (χ4v) is 2.85. The molecule has 3 aromatic rings. The highest BCUT2D eigenvalue weighted by molar-refractivity contribution is 6.31. The first-order chi connectivity index (χ1) is 13.5.